The van der Waals surface area contributed by atoms with Crippen molar-refractivity contribution in [3.05, 3.63) is 53.6 Å². The predicted octanol–water partition coefficient (Wildman–Crippen LogP) is 2.36. The Morgan fingerprint density at radius 1 is 1.21 bits per heavy atom. The highest BCUT2D eigenvalue weighted by atomic mass is 32.1. The van der Waals surface area contributed by atoms with E-state index in [0.29, 0.717) is 23.7 Å². The van der Waals surface area contributed by atoms with E-state index in [1.54, 1.807) is 6.07 Å². The fraction of sp³-hybridized carbons (Fsp3) is 0.200. The highest BCUT2D eigenvalue weighted by Gasteiger charge is 2.38. The van der Waals surface area contributed by atoms with Gasteiger partial charge in [0.15, 0.2) is 22.5 Å². The molecule has 2 heterocycles. The van der Waals surface area contributed by atoms with Gasteiger partial charge in [0.05, 0.1) is 12.2 Å². The molecule has 1 N–H and O–H groups in total. The summed E-state index contributed by atoms with van der Waals surface area (Å²) < 4.78 is 10.6. The van der Waals surface area contributed by atoms with Crippen molar-refractivity contribution in [2.45, 2.75) is 13.5 Å². The van der Waals surface area contributed by atoms with Crippen LogP contribution in [-0.2, 0) is 16.1 Å². The Morgan fingerprint density at radius 3 is 2.82 bits per heavy atom. The van der Waals surface area contributed by atoms with E-state index in [9.17, 15) is 9.59 Å². The number of carbonyl (C=O) groups excluding carboxylic acids is 2. The first-order valence-corrected chi connectivity index (χ1v) is 9.08. The van der Waals surface area contributed by atoms with Gasteiger partial charge in [0.25, 0.3) is 5.91 Å². The largest absolute Gasteiger partial charge is 0.454 e. The molecule has 0 saturated carbocycles. The summed E-state index contributed by atoms with van der Waals surface area (Å²) >= 11 is 5.21. The average molecular weight is 395 g/mol. The van der Waals surface area contributed by atoms with E-state index in [-0.39, 0.29) is 11.9 Å². The highest BCUT2D eigenvalue weighted by molar-refractivity contribution is 7.80. The Labute approximate surface area is 167 Å². The molecular formula is C20H17N3O4S. The summed E-state index contributed by atoms with van der Waals surface area (Å²) in [6, 6.07) is 12.9. The number of para-hydroxylation sites is 1. The Morgan fingerprint density at radius 2 is 2.00 bits per heavy atom. The van der Waals surface area contributed by atoms with Crippen LogP contribution in [0.25, 0.3) is 0 Å². The first-order chi connectivity index (χ1) is 13.5. The molecule has 0 aliphatic carbocycles. The summed E-state index contributed by atoms with van der Waals surface area (Å²) in [4.78, 5) is 30.9. The summed E-state index contributed by atoms with van der Waals surface area (Å²) in [5.74, 6) is -0.584. The summed E-state index contributed by atoms with van der Waals surface area (Å²) in [5, 5.41) is 2.66. The fourth-order valence-electron chi connectivity index (χ4n) is 3.07. The van der Waals surface area contributed by atoms with Crippen molar-refractivity contribution in [2.75, 3.05) is 11.7 Å². The van der Waals surface area contributed by atoms with E-state index < -0.39 is 17.7 Å². The van der Waals surface area contributed by atoms with E-state index >= 15 is 0 Å². The predicted molar refractivity (Wildman–Crippen MR) is 108 cm³/mol. The molecule has 0 radical (unpaired) electrons. The summed E-state index contributed by atoms with van der Waals surface area (Å²) in [6.07, 6.45) is 1.37. The third-order valence-electron chi connectivity index (χ3n) is 4.52. The van der Waals surface area contributed by atoms with Crippen LogP contribution in [0.5, 0.6) is 11.5 Å². The van der Waals surface area contributed by atoms with Crippen molar-refractivity contribution in [3.8, 4) is 11.5 Å². The zero-order valence-electron chi connectivity index (χ0n) is 15.0. The van der Waals surface area contributed by atoms with Gasteiger partial charge in [-0.25, -0.2) is 0 Å². The molecule has 2 aliphatic rings. The number of anilines is 1. The van der Waals surface area contributed by atoms with Gasteiger partial charge in [-0.1, -0.05) is 24.3 Å². The van der Waals surface area contributed by atoms with Crippen molar-refractivity contribution in [1.29, 1.82) is 0 Å². The number of benzene rings is 2. The second-order valence-electron chi connectivity index (χ2n) is 6.41. The van der Waals surface area contributed by atoms with E-state index in [1.165, 1.54) is 11.1 Å². The monoisotopic (exact) mass is 395 g/mol. The lowest BCUT2D eigenvalue weighted by Crippen LogP contribution is -2.58. The molecule has 28 heavy (non-hydrogen) atoms. The molecule has 2 amide bonds. The number of nitrogens with zero attached hydrogens (tertiary/aromatic N) is 2. The van der Waals surface area contributed by atoms with Crippen LogP contribution in [0.4, 0.5) is 5.69 Å². The second-order valence-corrected chi connectivity index (χ2v) is 6.80. The van der Waals surface area contributed by atoms with Crippen LogP contribution >= 0.6 is 12.2 Å². The van der Waals surface area contributed by atoms with Gasteiger partial charge in [0.1, 0.15) is 0 Å². The van der Waals surface area contributed by atoms with Crippen molar-refractivity contribution in [2.24, 2.45) is 10.9 Å². The molecule has 1 fully saturated rings. The van der Waals surface area contributed by atoms with Crippen LogP contribution in [0.15, 0.2) is 47.5 Å². The van der Waals surface area contributed by atoms with Crippen LogP contribution in [0.3, 0.4) is 0 Å². The Hall–Kier alpha value is -3.26. The zero-order valence-corrected chi connectivity index (χ0v) is 15.9. The maximum atomic E-state index is 12.9. The second kappa shape index (κ2) is 7.40. The van der Waals surface area contributed by atoms with Crippen LogP contribution in [0.2, 0.25) is 0 Å². The smallest absolute Gasteiger partial charge is 0.251 e. The van der Waals surface area contributed by atoms with Gasteiger partial charge in [-0.2, -0.15) is 0 Å². The number of hydrogen-bond acceptors (Lipinski definition) is 6. The third kappa shape index (κ3) is 3.34. The molecule has 7 nitrogen and oxygen atoms in total. The molecule has 1 saturated heterocycles. The van der Waals surface area contributed by atoms with E-state index in [2.05, 4.69) is 10.3 Å². The summed E-state index contributed by atoms with van der Waals surface area (Å²) in [7, 11) is 0. The van der Waals surface area contributed by atoms with Crippen LogP contribution in [0, 0.1) is 12.8 Å². The lowest BCUT2D eigenvalue weighted by Gasteiger charge is -2.31. The van der Waals surface area contributed by atoms with Gasteiger partial charge in [-0.3, -0.25) is 19.5 Å². The maximum absolute atomic E-state index is 12.9. The standard InChI is InChI=1S/C20H17N3O4S/c1-12-4-2-3-5-15(12)23-19(25)14(18(24)22-20(23)28)10-21-9-13-6-7-16-17(8-13)27-11-26-16/h2-8,10,14H,9,11H2,1H3,(H,22,24,28)/t14-/m1/s1. The molecule has 2 aromatic rings. The van der Waals surface area contributed by atoms with E-state index in [4.69, 9.17) is 21.7 Å². The number of hydrogen-bond donors (Lipinski definition) is 1. The van der Waals surface area contributed by atoms with Gasteiger partial charge in [-0.05, 0) is 48.5 Å². The van der Waals surface area contributed by atoms with Gasteiger partial charge < -0.3 is 14.8 Å². The molecule has 142 valence electrons. The molecule has 0 aromatic heterocycles. The third-order valence-corrected chi connectivity index (χ3v) is 4.81. The van der Waals surface area contributed by atoms with Crippen molar-refractivity contribution >= 4 is 41.0 Å². The van der Waals surface area contributed by atoms with Gasteiger partial charge >= 0.3 is 0 Å². The first-order valence-electron chi connectivity index (χ1n) is 8.67. The molecule has 2 aliphatic heterocycles. The van der Waals surface area contributed by atoms with Crippen molar-refractivity contribution < 1.29 is 19.1 Å². The lowest BCUT2D eigenvalue weighted by molar-refractivity contribution is -0.130. The van der Waals surface area contributed by atoms with Crippen LogP contribution < -0.4 is 19.7 Å². The minimum Gasteiger partial charge on any atom is -0.454 e. The Kier molecular flexibility index (Phi) is 4.79. The number of amides is 2. The van der Waals surface area contributed by atoms with Crippen LogP contribution in [0.1, 0.15) is 11.1 Å². The molecule has 8 heteroatoms. The maximum Gasteiger partial charge on any atom is 0.251 e. The van der Waals surface area contributed by atoms with E-state index in [0.717, 1.165) is 11.1 Å². The number of aliphatic imine (C=N–C) groups is 1. The molecule has 0 bridgehead atoms. The molecule has 0 unspecified atom stereocenters. The van der Waals surface area contributed by atoms with Crippen molar-refractivity contribution in [1.82, 2.24) is 5.32 Å². The highest BCUT2D eigenvalue weighted by Crippen LogP contribution is 2.32. The Bertz CT molecular complexity index is 1000. The molecular weight excluding hydrogens is 378 g/mol. The fourth-order valence-corrected chi connectivity index (χ4v) is 3.36. The number of carbonyl (C=O) groups is 2. The average Bonchev–Trinajstić information content (AvgIpc) is 3.13. The summed E-state index contributed by atoms with van der Waals surface area (Å²) in [6.45, 7) is 2.39. The normalized spacial score (nSPS) is 18.7. The molecule has 4 rings (SSSR count). The van der Waals surface area contributed by atoms with E-state index in [1.807, 2.05) is 43.3 Å². The van der Waals surface area contributed by atoms with Crippen LogP contribution in [-0.4, -0.2) is 29.9 Å². The quantitative estimate of drug-likeness (QED) is 0.488. The number of aryl methyl sites for hydroxylation is 1. The number of fused-ring (bicyclic) bond motifs is 1. The number of ether oxygens (including phenoxy) is 2. The number of rotatable bonds is 4. The lowest BCUT2D eigenvalue weighted by atomic mass is 10.0. The van der Waals surface area contributed by atoms with Gasteiger partial charge in [0.2, 0.25) is 12.7 Å². The zero-order chi connectivity index (χ0) is 19.7. The molecule has 1 atom stereocenters. The minimum atomic E-state index is -1.04. The SMILES string of the molecule is Cc1ccccc1N1C(=O)[C@H](C=NCc2ccc3c(c2)OCO3)C(=O)NC1=S. The van der Waals surface area contributed by atoms with Gasteiger partial charge in [-0.15, -0.1) is 0 Å². The topological polar surface area (TPSA) is 80.2 Å². The van der Waals surface area contributed by atoms with Gasteiger partial charge in [0, 0.05) is 6.21 Å². The number of nitrogens with one attached hydrogen (secondary N) is 1. The molecule has 0 spiro atoms. The minimum absolute atomic E-state index is 0.0738. The number of thiocarbonyl (C=S) groups is 1. The summed E-state index contributed by atoms with van der Waals surface area (Å²) in [5.41, 5.74) is 2.41. The van der Waals surface area contributed by atoms with Crippen molar-refractivity contribution in [3.63, 3.8) is 0 Å². The first kappa shape index (κ1) is 18.1. The Balaban J connectivity index is 1.52. The molecule has 2 aromatic carbocycles.